The molecule has 20 heavy (non-hydrogen) atoms. The first-order valence-corrected chi connectivity index (χ1v) is 7.39. The van der Waals surface area contributed by atoms with E-state index in [2.05, 4.69) is 24.4 Å². The number of rotatable bonds is 3. The van der Waals surface area contributed by atoms with Crippen molar-refractivity contribution in [3.63, 3.8) is 0 Å². The number of carbonyl (C=O) groups excluding carboxylic acids is 1. The van der Waals surface area contributed by atoms with Crippen LogP contribution in [0.4, 0.5) is 0 Å². The molecule has 1 aromatic rings. The molecule has 2 aliphatic heterocycles. The van der Waals surface area contributed by atoms with Gasteiger partial charge < -0.3 is 9.64 Å². The normalized spacial score (nSPS) is 33.9. The van der Waals surface area contributed by atoms with Gasteiger partial charge in [-0.25, -0.2) is 0 Å². The fraction of sp³-hybridized carbons (Fsp3) is 0.562. The topological polar surface area (TPSA) is 41.6 Å². The molecule has 4 nitrogen and oxygen atoms in total. The van der Waals surface area contributed by atoms with Gasteiger partial charge in [-0.3, -0.25) is 10.1 Å². The molecule has 1 aromatic carbocycles. The number of carbonyl (C=O) groups is 1. The number of amides is 1. The van der Waals surface area contributed by atoms with Gasteiger partial charge in [-0.15, -0.1) is 0 Å². The minimum Gasteiger partial charge on any atom is -0.379 e. The number of benzene rings is 1. The first-order chi connectivity index (χ1) is 9.65. The monoisotopic (exact) mass is 274 g/mol. The molecule has 0 aliphatic carbocycles. The molecule has 0 spiro atoms. The summed E-state index contributed by atoms with van der Waals surface area (Å²) in [5, 5.41) is 3.53. The summed E-state index contributed by atoms with van der Waals surface area (Å²) < 4.78 is 5.48. The van der Waals surface area contributed by atoms with Crippen molar-refractivity contribution in [2.45, 2.75) is 44.4 Å². The van der Waals surface area contributed by atoms with Crippen molar-refractivity contribution in [1.29, 1.82) is 0 Å². The van der Waals surface area contributed by atoms with Crippen molar-refractivity contribution in [3.8, 4) is 0 Å². The van der Waals surface area contributed by atoms with Crippen molar-refractivity contribution in [1.82, 2.24) is 10.2 Å². The molecule has 3 rings (SSSR count). The first-order valence-electron chi connectivity index (χ1n) is 7.39. The standard InChI is InChI=1S/C16H22N2O2/c1-3-16(2)15(19)18(13-9-10-20-11-13)14(17-16)12-7-5-4-6-8-12/h4-8,13-14,17H,3,9-11H2,1-2H3. The SMILES string of the molecule is CCC1(C)NC(c2ccccc2)N(C2CCOC2)C1=O. The van der Waals surface area contributed by atoms with Gasteiger partial charge >= 0.3 is 0 Å². The minimum absolute atomic E-state index is 0.0413. The average Bonchev–Trinajstić information content (AvgIpc) is 3.08. The molecule has 0 radical (unpaired) electrons. The lowest BCUT2D eigenvalue weighted by molar-refractivity contribution is -0.135. The average molecular weight is 274 g/mol. The maximum absolute atomic E-state index is 12.8. The molecule has 0 aromatic heterocycles. The Labute approximate surface area is 120 Å². The van der Waals surface area contributed by atoms with Gasteiger partial charge in [0, 0.05) is 6.61 Å². The highest BCUT2D eigenvalue weighted by Crippen LogP contribution is 2.35. The lowest BCUT2D eigenvalue weighted by atomic mass is 9.99. The van der Waals surface area contributed by atoms with Crippen molar-refractivity contribution in [2.24, 2.45) is 0 Å². The molecule has 3 unspecified atom stereocenters. The molecule has 1 N–H and O–H groups in total. The maximum atomic E-state index is 12.8. The lowest BCUT2D eigenvalue weighted by Crippen LogP contribution is -2.45. The summed E-state index contributed by atoms with van der Waals surface area (Å²) in [6, 6.07) is 10.4. The molecule has 0 saturated carbocycles. The van der Waals surface area contributed by atoms with Gasteiger partial charge in [0.2, 0.25) is 5.91 Å². The Bertz CT molecular complexity index is 485. The third-order valence-corrected chi connectivity index (χ3v) is 4.56. The van der Waals surface area contributed by atoms with Gasteiger partial charge in [0.15, 0.2) is 0 Å². The van der Waals surface area contributed by atoms with Crippen LogP contribution in [0.5, 0.6) is 0 Å². The second-order valence-electron chi connectivity index (χ2n) is 5.87. The number of nitrogens with one attached hydrogen (secondary N) is 1. The summed E-state index contributed by atoms with van der Waals surface area (Å²) >= 11 is 0. The zero-order valence-electron chi connectivity index (χ0n) is 12.1. The molecule has 0 bridgehead atoms. The van der Waals surface area contributed by atoms with Crippen molar-refractivity contribution in [3.05, 3.63) is 35.9 Å². The maximum Gasteiger partial charge on any atom is 0.244 e. The number of ether oxygens (including phenoxy) is 1. The molecule has 108 valence electrons. The van der Waals surface area contributed by atoms with Crippen LogP contribution in [0.15, 0.2) is 30.3 Å². The van der Waals surface area contributed by atoms with E-state index in [1.807, 2.05) is 30.0 Å². The van der Waals surface area contributed by atoms with Crippen LogP contribution in [0.25, 0.3) is 0 Å². The Kier molecular flexibility index (Phi) is 3.52. The summed E-state index contributed by atoms with van der Waals surface area (Å²) in [6.07, 6.45) is 1.68. The van der Waals surface area contributed by atoms with Gasteiger partial charge in [-0.05, 0) is 25.3 Å². The second-order valence-corrected chi connectivity index (χ2v) is 5.87. The Hall–Kier alpha value is -1.39. The summed E-state index contributed by atoms with van der Waals surface area (Å²) in [5.41, 5.74) is 0.674. The van der Waals surface area contributed by atoms with E-state index in [0.29, 0.717) is 6.61 Å². The van der Waals surface area contributed by atoms with Gasteiger partial charge in [0.05, 0.1) is 18.2 Å². The largest absolute Gasteiger partial charge is 0.379 e. The van der Waals surface area contributed by atoms with E-state index in [-0.39, 0.29) is 18.1 Å². The van der Waals surface area contributed by atoms with Gasteiger partial charge in [0.1, 0.15) is 6.17 Å². The summed E-state index contributed by atoms with van der Waals surface area (Å²) in [6.45, 7) is 5.46. The predicted molar refractivity (Wildman–Crippen MR) is 77.1 cm³/mol. The molecule has 4 heteroatoms. The summed E-state index contributed by atoms with van der Waals surface area (Å²) in [4.78, 5) is 14.8. The molecule has 1 amide bonds. The van der Waals surface area contributed by atoms with Crippen LogP contribution >= 0.6 is 0 Å². The van der Waals surface area contributed by atoms with Crippen LogP contribution in [0, 0.1) is 0 Å². The molecular weight excluding hydrogens is 252 g/mol. The predicted octanol–water partition coefficient (Wildman–Crippen LogP) is 2.07. The van der Waals surface area contributed by atoms with E-state index in [9.17, 15) is 4.79 Å². The smallest absolute Gasteiger partial charge is 0.244 e. The third-order valence-electron chi connectivity index (χ3n) is 4.56. The zero-order valence-corrected chi connectivity index (χ0v) is 12.1. The summed E-state index contributed by atoms with van der Waals surface area (Å²) in [7, 11) is 0. The Balaban J connectivity index is 1.95. The highest BCUT2D eigenvalue weighted by Gasteiger charge is 2.50. The van der Waals surface area contributed by atoms with Crippen LogP contribution in [-0.2, 0) is 9.53 Å². The summed E-state index contributed by atoms with van der Waals surface area (Å²) in [5.74, 6) is 0.198. The van der Waals surface area contributed by atoms with E-state index in [1.165, 1.54) is 0 Å². The Morgan fingerprint density at radius 2 is 2.15 bits per heavy atom. The van der Waals surface area contributed by atoms with Crippen molar-refractivity contribution < 1.29 is 9.53 Å². The van der Waals surface area contributed by atoms with Crippen LogP contribution in [0.3, 0.4) is 0 Å². The minimum atomic E-state index is -0.469. The van der Waals surface area contributed by atoms with E-state index in [4.69, 9.17) is 4.74 Å². The van der Waals surface area contributed by atoms with E-state index in [1.54, 1.807) is 0 Å². The number of nitrogens with zero attached hydrogens (tertiary/aromatic N) is 1. The van der Waals surface area contributed by atoms with Crippen LogP contribution < -0.4 is 5.32 Å². The first kappa shape index (κ1) is 13.6. The van der Waals surface area contributed by atoms with Gasteiger partial charge in [-0.1, -0.05) is 37.3 Å². The third kappa shape index (κ3) is 2.13. The quantitative estimate of drug-likeness (QED) is 0.917. The van der Waals surface area contributed by atoms with E-state index < -0.39 is 5.54 Å². The van der Waals surface area contributed by atoms with Crippen molar-refractivity contribution >= 4 is 5.91 Å². The lowest BCUT2D eigenvalue weighted by Gasteiger charge is -2.29. The number of hydrogen-bond acceptors (Lipinski definition) is 3. The second kappa shape index (κ2) is 5.19. The van der Waals surface area contributed by atoms with Crippen LogP contribution in [0.1, 0.15) is 38.4 Å². The van der Waals surface area contributed by atoms with Crippen molar-refractivity contribution in [2.75, 3.05) is 13.2 Å². The van der Waals surface area contributed by atoms with Crippen LogP contribution in [0.2, 0.25) is 0 Å². The fourth-order valence-corrected chi connectivity index (χ4v) is 3.09. The van der Waals surface area contributed by atoms with E-state index in [0.717, 1.165) is 25.0 Å². The van der Waals surface area contributed by atoms with Gasteiger partial charge in [0.25, 0.3) is 0 Å². The highest BCUT2D eigenvalue weighted by atomic mass is 16.5. The molecule has 2 saturated heterocycles. The number of hydrogen-bond donors (Lipinski definition) is 1. The fourth-order valence-electron chi connectivity index (χ4n) is 3.09. The highest BCUT2D eigenvalue weighted by molar-refractivity contribution is 5.89. The van der Waals surface area contributed by atoms with Crippen LogP contribution in [-0.4, -0.2) is 35.6 Å². The van der Waals surface area contributed by atoms with Gasteiger partial charge in [-0.2, -0.15) is 0 Å². The molecule has 2 heterocycles. The Morgan fingerprint density at radius 1 is 1.40 bits per heavy atom. The zero-order chi connectivity index (χ0) is 14.2. The molecular formula is C16H22N2O2. The molecule has 2 aliphatic rings. The molecule has 2 fully saturated rings. The van der Waals surface area contributed by atoms with E-state index >= 15 is 0 Å². The Morgan fingerprint density at radius 3 is 2.75 bits per heavy atom. The molecule has 3 atom stereocenters.